The van der Waals surface area contributed by atoms with Crippen LogP contribution in [0.3, 0.4) is 0 Å². The summed E-state index contributed by atoms with van der Waals surface area (Å²) in [5.74, 6) is 0. The van der Waals surface area contributed by atoms with Gasteiger partial charge in [-0.2, -0.15) is 5.26 Å². The molecule has 1 heterocycles. The van der Waals surface area contributed by atoms with Crippen LogP contribution in [0.25, 0.3) is 0 Å². The summed E-state index contributed by atoms with van der Waals surface area (Å²) in [5.41, 5.74) is 1.50. The Morgan fingerprint density at radius 3 is 2.89 bits per heavy atom. The molecule has 0 fully saturated rings. The second-order valence-corrected chi connectivity index (χ2v) is 3.65. The highest BCUT2D eigenvalue weighted by atomic mass is 16.6. The van der Waals surface area contributed by atoms with E-state index >= 15 is 0 Å². The topological polar surface area (TPSA) is 94.8 Å². The zero-order valence-corrected chi connectivity index (χ0v) is 9.38. The number of nitrogens with one attached hydrogen (secondary N) is 2. The van der Waals surface area contributed by atoms with Gasteiger partial charge in [0.15, 0.2) is 0 Å². The van der Waals surface area contributed by atoms with Gasteiger partial charge in [-0.15, -0.1) is 0 Å². The molecule has 0 spiro atoms. The summed E-state index contributed by atoms with van der Waals surface area (Å²) < 4.78 is 0. The molecule has 6 heteroatoms. The third-order valence-corrected chi connectivity index (χ3v) is 2.46. The van der Waals surface area contributed by atoms with Crippen molar-refractivity contribution in [3.63, 3.8) is 0 Å². The standard InChI is InChI=1S/C12H10N4O2/c13-7-9-3-4-11(12(6-9)16(17)18)15-8-10-2-1-5-14-10/h1-6,14-15H,8H2. The molecule has 0 bridgehead atoms. The van der Waals surface area contributed by atoms with Crippen LogP contribution in [0, 0.1) is 21.4 Å². The lowest BCUT2D eigenvalue weighted by molar-refractivity contribution is -0.384. The number of aromatic nitrogens is 1. The third-order valence-electron chi connectivity index (χ3n) is 2.46. The molecule has 0 unspecified atom stereocenters. The number of nitro benzene ring substituents is 1. The van der Waals surface area contributed by atoms with Gasteiger partial charge in [0.1, 0.15) is 5.69 Å². The van der Waals surface area contributed by atoms with Gasteiger partial charge in [-0.05, 0) is 24.3 Å². The van der Waals surface area contributed by atoms with Crippen molar-refractivity contribution in [2.45, 2.75) is 6.54 Å². The lowest BCUT2D eigenvalue weighted by Crippen LogP contribution is -2.03. The van der Waals surface area contributed by atoms with E-state index in [1.54, 1.807) is 18.3 Å². The highest BCUT2D eigenvalue weighted by Gasteiger charge is 2.14. The van der Waals surface area contributed by atoms with Gasteiger partial charge >= 0.3 is 0 Å². The molecule has 1 aromatic heterocycles. The van der Waals surface area contributed by atoms with Crippen molar-refractivity contribution in [2.24, 2.45) is 0 Å². The summed E-state index contributed by atoms with van der Waals surface area (Å²) in [6.07, 6.45) is 1.78. The first-order chi connectivity index (χ1) is 8.70. The van der Waals surface area contributed by atoms with Gasteiger partial charge in [-0.3, -0.25) is 10.1 Å². The largest absolute Gasteiger partial charge is 0.374 e. The molecule has 0 aliphatic heterocycles. The Morgan fingerprint density at radius 2 is 2.28 bits per heavy atom. The number of hydrogen-bond donors (Lipinski definition) is 2. The van der Waals surface area contributed by atoms with Crippen LogP contribution in [-0.2, 0) is 6.54 Å². The minimum Gasteiger partial charge on any atom is -0.374 e. The van der Waals surface area contributed by atoms with Crippen molar-refractivity contribution in [1.29, 1.82) is 5.26 Å². The van der Waals surface area contributed by atoms with Crippen molar-refractivity contribution in [3.05, 3.63) is 57.9 Å². The molecule has 2 rings (SSSR count). The summed E-state index contributed by atoms with van der Waals surface area (Å²) in [6, 6.07) is 9.96. The Bertz CT molecular complexity index is 599. The summed E-state index contributed by atoms with van der Waals surface area (Å²) >= 11 is 0. The van der Waals surface area contributed by atoms with Crippen molar-refractivity contribution in [2.75, 3.05) is 5.32 Å². The van der Waals surface area contributed by atoms with Crippen LogP contribution in [-0.4, -0.2) is 9.91 Å². The monoisotopic (exact) mass is 242 g/mol. The first kappa shape index (κ1) is 11.7. The van der Waals surface area contributed by atoms with Crippen molar-refractivity contribution >= 4 is 11.4 Å². The number of benzene rings is 1. The number of nitriles is 1. The lowest BCUT2D eigenvalue weighted by Gasteiger charge is -2.06. The minimum atomic E-state index is -0.502. The quantitative estimate of drug-likeness (QED) is 0.635. The normalized spacial score (nSPS) is 9.72. The molecule has 90 valence electrons. The molecule has 0 saturated heterocycles. The first-order valence-electron chi connectivity index (χ1n) is 5.25. The second-order valence-electron chi connectivity index (χ2n) is 3.65. The van der Waals surface area contributed by atoms with E-state index in [9.17, 15) is 10.1 Å². The van der Waals surface area contributed by atoms with Crippen molar-refractivity contribution in [1.82, 2.24) is 4.98 Å². The summed E-state index contributed by atoms with van der Waals surface area (Å²) in [6.45, 7) is 0.458. The highest BCUT2D eigenvalue weighted by Crippen LogP contribution is 2.25. The molecular formula is C12H10N4O2. The summed E-state index contributed by atoms with van der Waals surface area (Å²) in [4.78, 5) is 13.4. The van der Waals surface area contributed by atoms with Gasteiger partial charge in [0.25, 0.3) is 5.69 Å². The van der Waals surface area contributed by atoms with E-state index < -0.39 is 4.92 Å². The molecule has 0 amide bonds. The molecule has 0 atom stereocenters. The molecule has 0 aliphatic carbocycles. The zero-order chi connectivity index (χ0) is 13.0. The zero-order valence-electron chi connectivity index (χ0n) is 9.38. The minimum absolute atomic E-state index is 0.0967. The van der Waals surface area contributed by atoms with E-state index in [1.807, 2.05) is 18.2 Å². The number of H-pyrrole nitrogens is 1. The Balaban J connectivity index is 2.22. The average Bonchev–Trinajstić information content (AvgIpc) is 2.89. The number of nitrogens with zero attached hydrogens (tertiary/aromatic N) is 2. The van der Waals surface area contributed by atoms with Crippen molar-refractivity contribution in [3.8, 4) is 6.07 Å². The molecular weight excluding hydrogens is 232 g/mol. The Morgan fingerprint density at radius 1 is 1.44 bits per heavy atom. The van der Waals surface area contributed by atoms with Gasteiger partial charge in [0, 0.05) is 18.0 Å². The van der Waals surface area contributed by atoms with E-state index in [-0.39, 0.29) is 11.3 Å². The number of anilines is 1. The van der Waals surface area contributed by atoms with E-state index in [1.165, 1.54) is 6.07 Å². The number of nitro groups is 1. The van der Waals surface area contributed by atoms with Crippen LogP contribution < -0.4 is 5.32 Å². The Hall–Kier alpha value is -2.81. The fraction of sp³-hybridized carbons (Fsp3) is 0.0833. The second kappa shape index (κ2) is 5.01. The maximum Gasteiger partial charge on any atom is 0.293 e. The van der Waals surface area contributed by atoms with Gasteiger partial charge in [-0.25, -0.2) is 0 Å². The fourth-order valence-corrected chi connectivity index (χ4v) is 1.57. The first-order valence-corrected chi connectivity index (χ1v) is 5.25. The van der Waals surface area contributed by atoms with E-state index in [2.05, 4.69) is 10.3 Å². The maximum absolute atomic E-state index is 10.9. The van der Waals surface area contributed by atoms with Gasteiger partial charge in [0.05, 0.1) is 23.1 Å². The van der Waals surface area contributed by atoms with Crippen molar-refractivity contribution < 1.29 is 4.92 Å². The van der Waals surface area contributed by atoms with Crippen LogP contribution in [0.4, 0.5) is 11.4 Å². The molecule has 0 saturated carbocycles. The molecule has 0 radical (unpaired) electrons. The highest BCUT2D eigenvalue weighted by molar-refractivity contribution is 5.64. The maximum atomic E-state index is 10.9. The predicted octanol–water partition coefficient (Wildman–Crippen LogP) is 2.41. The predicted molar refractivity (Wildman–Crippen MR) is 65.9 cm³/mol. The molecule has 0 aliphatic rings. The fourth-order valence-electron chi connectivity index (χ4n) is 1.57. The van der Waals surface area contributed by atoms with Crippen LogP contribution >= 0.6 is 0 Å². The molecule has 2 N–H and O–H groups in total. The summed E-state index contributed by atoms with van der Waals surface area (Å²) in [5, 5.41) is 22.6. The Labute approximate surface area is 103 Å². The van der Waals surface area contributed by atoms with Crippen LogP contribution in [0.2, 0.25) is 0 Å². The molecule has 1 aromatic carbocycles. The smallest absolute Gasteiger partial charge is 0.293 e. The summed E-state index contributed by atoms with van der Waals surface area (Å²) in [7, 11) is 0. The Kier molecular flexibility index (Phi) is 3.25. The third kappa shape index (κ3) is 2.47. The average molecular weight is 242 g/mol. The van der Waals surface area contributed by atoms with Crippen LogP contribution in [0.5, 0.6) is 0 Å². The van der Waals surface area contributed by atoms with E-state index in [0.29, 0.717) is 12.2 Å². The molecule has 6 nitrogen and oxygen atoms in total. The molecule has 2 aromatic rings. The SMILES string of the molecule is N#Cc1ccc(NCc2ccc[nH]2)c([N+](=O)[O-])c1. The van der Waals surface area contributed by atoms with Gasteiger partial charge in [0.2, 0.25) is 0 Å². The van der Waals surface area contributed by atoms with Crippen LogP contribution in [0.15, 0.2) is 36.5 Å². The number of hydrogen-bond acceptors (Lipinski definition) is 4. The van der Waals surface area contributed by atoms with Gasteiger partial charge < -0.3 is 10.3 Å². The van der Waals surface area contributed by atoms with Crippen LogP contribution in [0.1, 0.15) is 11.3 Å². The van der Waals surface area contributed by atoms with E-state index in [4.69, 9.17) is 5.26 Å². The molecule has 18 heavy (non-hydrogen) atoms. The lowest BCUT2D eigenvalue weighted by atomic mass is 10.2. The van der Waals surface area contributed by atoms with Gasteiger partial charge in [-0.1, -0.05) is 0 Å². The number of aromatic amines is 1. The van der Waals surface area contributed by atoms with E-state index in [0.717, 1.165) is 5.69 Å². The number of rotatable bonds is 4.